The molecular weight excluding hydrogens is 432 g/mol. The van der Waals surface area contributed by atoms with E-state index in [9.17, 15) is 24.3 Å². The van der Waals surface area contributed by atoms with E-state index in [1.807, 2.05) is 48.5 Å². The van der Waals surface area contributed by atoms with E-state index in [4.69, 9.17) is 9.84 Å². The summed E-state index contributed by atoms with van der Waals surface area (Å²) in [5, 5.41) is 22.7. The first-order valence-electron chi connectivity index (χ1n) is 10.2. The van der Waals surface area contributed by atoms with Crippen molar-refractivity contribution in [3.05, 3.63) is 59.7 Å². The molecule has 10 heteroatoms. The minimum absolute atomic E-state index is 0.0251. The Morgan fingerprint density at radius 3 is 2.03 bits per heavy atom. The SMILES string of the molecule is COC(=O)[C@H](CO)NC(=O)C(CC(=O)O)NC(=O)OCC1c2ccccc2-c2ccccc21. The number of amides is 2. The number of hydrogen-bond donors (Lipinski definition) is 4. The van der Waals surface area contributed by atoms with Gasteiger partial charge in [-0.05, 0) is 22.3 Å². The summed E-state index contributed by atoms with van der Waals surface area (Å²) >= 11 is 0. The number of esters is 1. The van der Waals surface area contributed by atoms with Gasteiger partial charge in [-0.2, -0.15) is 0 Å². The molecule has 0 saturated heterocycles. The third-order valence-corrected chi connectivity index (χ3v) is 5.32. The summed E-state index contributed by atoms with van der Waals surface area (Å²) in [7, 11) is 1.07. The number of carbonyl (C=O) groups excluding carboxylic acids is 3. The Balaban J connectivity index is 1.67. The molecule has 0 fully saturated rings. The van der Waals surface area contributed by atoms with Gasteiger partial charge in [-0.25, -0.2) is 9.59 Å². The van der Waals surface area contributed by atoms with Crippen LogP contribution in [0.4, 0.5) is 4.79 Å². The van der Waals surface area contributed by atoms with Crippen LogP contribution in [0.2, 0.25) is 0 Å². The monoisotopic (exact) mass is 456 g/mol. The fourth-order valence-electron chi connectivity index (χ4n) is 3.76. The molecule has 3 rings (SSSR count). The molecule has 10 nitrogen and oxygen atoms in total. The predicted molar refractivity (Wildman–Crippen MR) is 115 cm³/mol. The highest BCUT2D eigenvalue weighted by Gasteiger charge is 2.31. The van der Waals surface area contributed by atoms with Crippen molar-refractivity contribution >= 4 is 23.9 Å². The Hall–Kier alpha value is -3.92. The van der Waals surface area contributed by atoms with Gasteiger partial charge in [0.1, 0.15) is 12.6 Å². The lowest BCUT2D eigenvalue weighted by atomic mass is 9.98. The lowest BCUT2D eigenvalue weighted by Crippen LogP contribution is -2.53. The summed E-state index contributed by atoms with van der Waals surface area (Å²) in [4.78, 5) is 47.6. The molecule has 2 aromatic rings. The molecule has 4 N–H and O–H groups in total. The van der Waals surface area contributed by atoms with Crippen LogP contribution in [-0.2, 0) is 23.9 Å². The largest absolute Gasteiger partial charge is 0.481 e. The number of rotatable bonds is 9. The number of carboxylic acids is 1. The first-order valence-corrected chi connectivity index (χ1v) is 10.2. The summed E-state index contributed by atoms with van der Waals surface area (Å²) in [5.41, 5.74) is 4.08. The fraction of sp³-hybridized carbons (Fsp3) is 0.304. The average Bonchev–Trinajstić information content (AvgIpc) is 3.13. The molecule has 0 radical (unpaired) electrons. The Morgan fingerprint density at radius 1 is 0.939 bits per heavy atom. The van der Waals surface area contributed by atoms with Gasteiger partial charge in [-0.3, -0.25) is 9.59 Å². The number of fused-ring (bicyclic) bond motifs is 3. The van der Waals surface area contributed by atoms with E-state index in [2.05, 4.69) is 15.4 Å². The second-order valence-electron chi connectivity index (χ2n) is 7.39. The molecule has 2 amide bonds. The maximum absolute atomic E-state index is 12.4. The van der Waals surface area contributed by atoms with Crippen LogP contribution >= 0.6 is 0 Å². The molecule has 0 spiro atoms. The lowest BCUT2D eigenvalue weighted by molar-refractivity contribution is -0.146. The molecule has 2 atom stereocenters. The second-order valence-corrected chi connectivity index (χ2v) is 7.39. The van der Waals surface area contributed by atoms with Crippen LogP contribution in [0, 0.1) is 0 Å². The topological polar surface area (TPSA) is 151 Å². The highest BCUT2D eigenvalue weighted by atomic mass is 16.5. The minimum Gasteiger partial charge on any atom is -0.481 e. The summed E-state index contributed by atoms with van der Waals surface area (Å²) in [6.45, 7) is -0.786. The Bertz CT molecular complexity index is 1010. The maximum atomic E-state index is 12.4. The Morgan fingerprint density at radius 2 is 1.52 bits per heavy atom. The van der Waals surface area contributed by atoms with E-state index in [1.165, 1.54) is 0 Å². The minimum atomic E-state index is -1.53. The number of carbonyl (C=O) groups is 4. The molecule has 1 unspecified atom stereocenters. The van der Waals surface area contributed by atoms with Crippen LogP contribution in [0.1, 0.15) is 23.5 Å². The number of hydrogen-bond acceptors (Lipinski definition) is 7. The molecule has 0 heterocycles. The smallest absolute Gasteiger partial charge is 0.407 e. The van der Waals surface area contributed by atoms with Crippen molar-refractivity contribution in [3.63, 3.8) is 0 Å². The van der Waals surface area contributed by atoms with Crippen molar-refractivity contribution < 1.29 is 38.9 Å². The zero-order valence-corrected chi connectivity index (χ0v) is 17.8. The summed E-state index contributed by atoms with van der Waals surface area (Å²) in [6.07, 6.45) is -1.74. The average molecular weight is 456 g/mol. The lowest BCUT2D eigenvalue weighted by Gasteiger charge is -2.20. The van der Waals surface area contributed by atoms with Crippen molar-refractivity contribution in [1.82, 2.24) is 10.6 Å². The normalized spacial score (nSPS) is 13.8. The zero-order valence-electron chi connectivity index (χ0n) is 17.8. The highest BCUT2D eigenvalue weighted by molar-refractivity contribution is 5.92. The van der Waals surface area contributed by atoms with Gasteiger partial charge >= 0.3 is 18.0 Å². The first-order chi connectivity index (χ1) is 15.8. The molecule has 0 aromatic heterocycles. The number of aliphatic hydroxyl groups is 1. The van der Waals surface area contributed by atoms with Gasteiger partial charge in [0.2, 0.25) is 5.91 Å². The zero-order chi connectivity index (χ0) is 24.0. The van der Waals surface area contributed by atoms with Gasteiger partial charge in [-0.1, -0.05) is 48.5 Å². The first kappa shape index (κ1) is 23.7. The quantitative estimate of drug-likeness (QED) is 0.408. The van der Waals surface area contributed by atoms with Crippen LogP contribution in [0.25, 0.3) is 11.1 Å². The highest BCUT2D eigenvalue weighted by Crippen LogP contribution is 2.44. The predicted octanol–water partition coefficient (Wildman–Crippen LogP) is 1.02. The van der Waals surface area contributed by atoms with Crippen molar-refractivity contribution in [1.29, 1.82) is 0 Å². The number of ether oxygens (including phenoxy) is 2. The van der Waals surface area contributed by atoms with Crippen molar-refractivity contribution in [3.8, 4) is 11.1 Å². The van der Waals surface area contributed by atoms with Gasteiger partial charge in [0.05, 0.1) is 20.1 Å². The number of aliphatic carboxylic acids is 1. The van der Waals surface area contributed by atoms with Gasteiger partial charge in [0.15, 0.2) is 6.04 Å². The molecule has 33 heavy (non-hydrogen) atoms. The van der Waals surface area contributed by atoms with Gasteiger partial charge in [0, 0.05) is 5.92 Å². The van der Waals surface area contributed by atoms with Crippen LogP contribution in [0.5, 0.6) is 0 Å². The van der Waals surface area contributed by atoms with Crippen molar-refractivity contribution in [2.24, 2.45) is 0 Å². The third kappa shape index (κ3) is 5.47. The molecule has 2 aromatic carbocycles. The van der Waals surface area contributed by atoms with E-state index in [-0.39, 0.29) is 12.5 Å². The van der Waals surface area contributed by atoms with Crippen LogP contribution in [0.15, 0.2) is 48.5 Å². The summed E-state index contributed by atoms with van der Waals surface area (Å²) in [5.74, 6) is -3.46. The van der Waals surface area contributed by atoms with E-state index >= 15 is 0 Å². The van der Waals surface area contributed by atoms with E-state index < -0.39 is 49.1 Å². The number of aliphatic hydroxyl groups excluding tert-OH is 1. The number of carboxylic acid groups (broad SMARTS) is 1. The van der Waals surface area contributed by atoms with E-state index in [0.717, 1.165) is 29.4 Å². The van der Waals surface area contributed by atoms with E-state index in [1.54, 1.807) is 0 Å². The van der Waals surface area contributed by atoms with Crippen LogP contribution in [-0.4, -0.2) is 66.6 Å². The number of alkyl carbamates (subject to hydrolysis) is 1. The Kier molecular flexibility index (Phi) is 7.62. The molecular formula is C23H24N2O8. The number of nitrogens with one attached hydrogen (secondary N) is 2. The third-order valence-electron chi connectivity index (χ3n) is 5.32. The molecule has 0 bridgehead atoms. The van der Waals surface area contributed by atoms with Gasteiger partial charge in [0.25, 0.3) is 0 Å². The Labute approximate surface area is 189 Å². The second kappa shape index (κ2) is 10.6. The van der Waals surface area contributed by atoms with Crippen LogP contribution in [0.3, 0.4) is 0 Å². The summed E-state index contributed by atoms with van der Waals surface area (Å²) in [6, 6.07) is 12.6. The molecule has 1 aliphatic carbocycles. The van der Waals surface area contributed by atoms with Crippen molar-refractivity contribution in [2.75, 3.05) is 20.3 Å². The standard InChI is InChI=1S/C23H24N2O8/c1-32-22(30)19(11-26)24-21(29)18(10-20(27)28)25-23(31)33-12-17-15-8-4-2-6-13(15)14-7-3-5-9-16(14)17/h2-9,17-19,26H,10-12H2,1H3,(H,24,29)(H,25,31)(H,27,28)/t18?,19-/m0/s1. The van der Waals surface area contributed by atoms with Crippen molar-refractivity contribution in [2.45, 2.75) is 24.4 Å². The van der Waals surface area contributed by atoms with Crippen LogP contribution < -0.4 is 10.6 Å². The number of benzene rings is 2. The molecule has 0 aliphatic heterocycles. The van der Waals surface area contributed by atoms with Gasteiger partial charge < -0.3 is 30.3 Å². The maximum Gasteiger partial charge on any atom is 0.407 e. The molecule has 174 valence electrons. The summed E-state index contributed by atoms with van der Waals surface area (Å²) < 4.78 is 9.79. The fourth-order valence-corrected chi connectivity index (χ4v) is 3.76. The molecule has 1 aliphatic rings. The number of methoxy groups -OCH3 is 1. The van der Waals surface area contributed by atoms with Gasteiger partial charge in [-0.15, -0.1) is 0 Å². The van der Waals surface area contributed by atoms with E-state index in [0.29, 0.717) is 0 Å². The molecule has 0 saturated carbocycles.